The molecule has 0 bridgehead atoms. The normalized spacial score (nSPS) is 12.0. The van der Waals surface area contributed by atoms with Crippen molar-refractivity contribution in [2.75, 3.05) is 14.2 Å². The highest BCUT2D eigenvalue weighted by atomic mass is 19.1. The summed E-state index contributed by atoms with van der Waals surface area (Å²) in [6.07, 6.45) is 0. The quantitative estimate of drug-likeness (QED) is 0.879. The van der Waals surface area contributed by atoms with E-state index in [-0.39, 0.29) is 17.6 Å². The van der Waals surface area contributed by atoms with Gasteiger partial charge in [-0.1, -0.05) is 18.2 Å². The van der Waals surface area contributed by atoms with Crippen LogP contribution >= 0.6 is 0 Å². The first-order chi connectivity index (χ1) is 10.1. The maximum atomic E-state index is 13.6. The van der Waals surface area contributed by atoms with Crippen LogP contribution in [-0.2, 0) is 6.54 Å². The average Bonchev–Trinajstić information content (AvgIpc) is 2.52. The zero-order valence-electron chi connectivity index (χ0n) is 12.5. The molecule has 0 saturated carbocycles. The van der Waals surface area contributed by atoms with Crippen molar-refractivity contribution in [3.05, 3.63) is 59.4 Å². The van der Waals surface area contributed by atoms with Crippen LogP contribution in [0, 0.1) is 5.82 Å². The van der Waals surface area contributed by atoms with E-state index < -0.39 is 0 Å². The number of hydrogen-bond donors (Lipinski definition) is 1. The summed E-state index contributed by atoms with van der Waals surface area (Å²) < 4.78 is 23.7. The van der Waals surface area contributed by atoms with E-state index in [0.717, 1.165) is 16.9 Å². The van der Waals surface area contributed by atoms with Gasteiger partial charge >= 0.3 is 0 Å². The van der Waals surface area contributed by atoms with Gasteiger partial charge in [0.25, 0.3) is 0 Å². The molecule has 1 unspecified atom stereocenters. The molecule has 2 aromatic carbocycles. The van der Waals surface area contributed by atoms with Crippen LogP contribution in [0.15, 0.2) is 42.5 Å². The van der Waals surface area contributed by atoms with Crippen LogP contribution in [0.25, 0.3) is 0 Å². The zero-order chi connectivity index (χ0) is 15.2. The van der Waals surface area contributed by atoms with E-state index in [1.807, 2.05) is 30.3 Å². The Bertz CT molecular complexity index is 584. The summed E-state index contributed by atoms with van der Waals surface area (Å²) in [5.41, 5.74) is 2.04. The topological polar surface area (TPSA) is 30.5 Å². The second-order valence-corrected chi connectivity index (χ2v) is 4.84. The molecular weight excluding hydrogens is 269 g/mol. The Balaban J connectivity index is 1.96. The number of nitrogens with one attached hydrogen (secondary N) is 1. The second-order valence-electron chi connectivity index (χ2n) is 4.84. The Kier molecular flexibility index (Phi) is 5.17. The van der Waals surface area contributed by atoms with Gasteiger partial charge in [-0.3, -0.25) is 0 Å². The molecule has 3 nitrogen and oxygen atoms in total. The summed E-state index contributed by atoms with van der Waals surface area (Å²) in [6.45, 7) is 2.66. The van der Waals surface area contributed by atoms with Crippen molar-refractivity contribution < 1.29 is 13.9 Å². The minimum atomic E-state index is -0.339. The molecule has 0 aromatic heterocycles. The first kappa shape index (κ1) is 15.3. The smallest absolute Gasteiger partial charge is 0.165 e. The van der Waals surface area contributed by atoms with Crippen LogP contribution in [0.2, 0.25) is 0 Å². The fourth-order valence-electron chi connectivity index (χ4n) is 2.10. The number of benzene rings is 2. The molecule has 0 fully saturated rings. The first-order valence-corrected chi connectivity index (χ1v) is 6.83. The predicted molar refractivity (Wildman–Crippen MR) is 81.2 cm³/mol. The monoisotopic (exact) mass is 289 g/mol. The van der Waals surface area contributed by atoms with Crippen LogP contribution in [0.3, 0.4) is 0 Å². The van der Waals surface area contributed by atoms with Gasteiger partial charge in [-0.25, -0.2) is 4.39 Å². The van der Waals surface area contributed by atoms with Crippen LogP contribution in [0.4, 0.5) is 4.39 Å². The van der Waals surface area contributed by atoms with Gasteiger partial charge in [-0.15, -0.1) is 0 Å². The molecule has 2 rings (SSSR count). The van der Waals surface area contributed by atoms with Gasteiger partial charge in [0.1, 0.15) is 5.75 Å². The Morgan fingerprint density at radius 3 is 2.33 bits per heavy atom. The van der Waals surface area contributed by atoms with Crippen molar-refractivity contribution in [2.24, 2.45) is 0 Å². The fraction of sp³-hybridized carbons (Fsp3) is 0.294. The van der Waals surface area contributed by atoms with Crippen LogP contribution < -0.4 is 14.8 Å². The standard InChI is InChI=1S/C17H20FNO2/c1-12(14-5-7-15(20-2)8-6-14)19-11-13-4-9-17(21-3)16(18)10-13/h4-10,12,19H,11H2,1-3H3. The molecule has 0 spiro atoms. The molecule has 0 aliphatic carbocycles. The molecule has 1 atom stereocenters. The van der Waals surface area contributed by atoms with Crippen LogP contribution in [0.5, 0.6) is 11.5 Å². The van der Waals surface area contributed by atoms with Gasteiger partial charge in [0.05, 0.1) is 14.2 Å². The molecule has 0 aliphatic rings. The summed E-state index contributed by atoms with van der Waals surface area (Å²) in [5, 5.41) is 3.37. The molecule has 21 heavy (non-hydrogen) atoms. The Labute approximate surface area is 124 Å². The fourth-order valence-corrected chi connectivity index (χ4v) is 2.10. The van der Waals surface area contributed by atoms with Crippen LogP contribution in [0.1, 0.15) is 24.1 Å². The second kappa shape index (κ2) is 7.09. The van der Waals surface area contributed by atoms with Gasteiger partial charge in [0, 0.05) is 12.6 Å². The number of methoxy groups -OCH3 is 2. The molecule has 4 heteroatoms. The molecule has 0 radical (unpaired) electrons. The summed E-state index contributed by atoms with van der Waals surface area (Å²) >= 11 is 0. The van der Waals surface area contributed by atoms with Gasteiger partial charge in [0.15, 0.2) is 11.6 Å². The first-order valence-electron chi connectivity index (χ1n) is 6.83. The van der Waals surface area contributed by atoms with Gasteiger partial charge in [-0.2, -0.15) is 0 Å². The molecule has 2 aromatic rings. The maximum absolute atomic E-state index is 13.6. The summed E-state index contributed by atoms with van der Waals surface area (Å²) in [7, 11) is 3.11. The lowest BCUT2D eigenvalue weighted by Gasteiger charge is -2.15. The Hall–Kier alpha value is -2.07. The molecule has 112 valence electrons. The minimum absolute atomic E-state index is 0.168. The van der Waals surface area contributed by atoms with E-state index in [9.17, 15) is 4.39 Å². The molecule has 1 N–H and O–H groups in total. The predicted octanol–water partition coefficient (Wildman–Crippen LogP) is 3.69. The minimum Gasteiger partial charge on any atom is -0.497 e. The van der Waals surface area contributed by atoms with Crippen molar-refractivity contribution in [1.29, 1.82) is 0 Å². The Morgan fingerprint density at radius 1 is 1.05 bits per heavy atom. The highest BCUT2D eigenvalue weighted by Gasteiger charge is 2.07. The van der Waals surface area contributed by atoms with Crippen LogP contribution in [-0.4, -0.2) is 14.2 Å². The third kappa shape index (κ3) is 3.95. The van der Waals surface area contributed by atoms with E-state index in [4.69, 9.17) is 9.47 Å². The average molecular weight is 289 g/mol. The van der Waals surface area contributed by atoms with Gasteiger partial charge < -0.3 is 14.8 Å². The van der Waals surface area contributed by atoms with Crippen molar-refractivity contribution in [3.63, 3.8) is 0 Å². The van der Waals surface area contributed by atoms with Gasteiger partial charge in [0.2, 0.25) is 0 Å². The molecule has 0 amide bonds. The third-order valence-corrected chi connectivity index (χ3v) is 3.44. The summed E-state index contributed by atoms with van der Waals surface area (Å²) in [4.78, 5) is 0. The van der Waals surface area contributed by atoms with E-state index in [2.05, 4.69) is 12.2 Å². The van der Waals surface area contributed by atoms with E-state index in [0.29, 0.717) is 6.54 Å². The number of ether oxygens (including phenoxy) is 2. The highest BCUT2D eigenvalue weighted by Crippen LogP contribution is 2.20. The summed E-state index contributed by atoms with van der Waals surface area (Å²) in [6, 6.07) is 13.1. The number of halogens is 1. The van der Waals surface area contributed by atoms with Crippen molar-refractivity contribution in [2.45, 2.75) is 19.5 Å². The molecule has 0 heterocycles. The van der Waals surface area contributed by atoms with E-state index >= 15 is 0 Å². The van der Waals surface area contributed by atoms with Crippen molar-refractivity contribution in [1.82, 2.24) is 5.32 Å². The lowest BCUT2D eigenvalue weighted by molar-refractivity contribution is 0.386. The number of rotatable bonds is 6. The molecular formula is C17H20FNO2. The van der Waals surface area contributed by atoms with E-state index in [1.54, 1.807) is 13.2 Å². The molecule has 0 saturated heterocycles. The van der Waals surface area contributed by atoms with Crippen molar-refractivity contribution in [3.8, 4) is 11.5 Å². The summed E-state index contributed by atoms with van der Waals surface area (Å²) in [5.74, 6) is 0.763. The zero-order valence-corrected chi connectivity index (χ0v) is 12.5. The SMILES string of the molecule is COc1ccc(C(C)NCc2ccc(OC)c(F)c2)cc1. The molecule has 0 aliphatic heterocycles. The lowest BCUT2D eigenvalue weighted by atomic mass is 10.1. The number of hydrogen-bond acceptors (Lipinski definition) is 3. The lowest BCUT2D eigenvalue weighted by Crippen LogP contribution is -2.18. The maximum Gasteiger partial charge on any atom is 0.165 e. The third-order valence-electron chi connectivity index (χ3n) is 3.44. The van der Waals surface area contributed by atoms with Crippen molar-refractivity contribution >= 4 is 0 Å². The van der Waals surface area contributed by atoms with Gasteiger partial charge in [-0.05, 0) is 42.3 Å². The van der Waals surface area contributed by atoms with E-state index in [1.165, 1.54) is 13.2 Å². The highest BCUT2D eigenvalue weighted by molar-refractivity contribution is 5.30. The Morgan fingerprint density at radius 2 is 1.76 bits per heavy atom. The largest absolute Gasteiger partial charge is 0.497 e.